The van der Waals surface area contributed by atoms with Gasteiger partial charge in [0.1, 0.15) is 23.4 Å². The first-order valence-electron chi connectivity index (χ1n) is 10.2. The second-order valence-corrected chi connectivity index (χ2v) is 8.65. The van der Waals surface area contributed by atoms with Crippen LogP contribution >= 0.6 is 0 Å². The molecule has 0 fully saturated rings. The quantitative estimate of drug-likeness (QED) is 0.515. The second-order valence-electron chi connectivity index (χ2n) is 8.65. The number of nitrogens with zero attached hydrogens (tertiary/aromatic N) is 4. The van der Waals surface area contributed by atoms with Gasteiger partial charge < -0.3 is 14.8 Å². The maximum Gasteiger partial charge on any atom is 0.259 e. The van der Waals surface area contributed by atoms with E-state index in [4.69, 9.17) is 9.47 Å². The number of amides is 1. The third-order valence-electron chi connectivity index (χ3n) is 5.07. The first kappa shape index (κ1) is 21.4. The van der Waals surface area contributed by atoms with Gasteiger partial charge in [-0.15, -0.1) is 0 Å². The van der Waals surface area contributed by atoms with Crippen LogP contribution in [0.1, 0.15) is 31.1 Å². The minimum absolute atomic E-state index is 0.255. The SMILES string of the molecule is COc1cc(-n2cnc3cc(-c4cnn(C)c4)ccc32)cc(OC)c1C(=O)NC(C)(C)C. The summed E-state index contributed by atoms with van der Waals surface area (Å²) in [4.78, 5) is 17.5. The fourth-order valence-electron chi connectivity index (χ4n) is 3.63. The number of benzene rings is 2. The smallest absolute Gasteiger partial charge is 0.259 e. The molecule has 8 heteroatoms. The standard InChI is InChI=1S/C24H27N5O3/c1-24(2,3)27-23(30)22-20(31-5)10-17(11-21(22)32-6)29-14-25-18-9-15(7-8-19(18)29)16-12-26-28(4)13-16/h7-14H,1-6H3,(H,27,30). The number of carbonyl (C=O) groups excluding carboxylic acids is 1. The van der Waals surface area contributed by atoms with E-state index in [9.17, 15) is 4.79 Å². The molecule has 166 valence electrons. The molecule has 2 heterocycles. The third-order valence-corrected chi connectivity index (χ3v) is 5.07. The molecule has 0 saturated heterocycles. The van der Waals surface area contributed by atoms with Crippen molar-refractivity contribution >= 4 is 16.9 Å². The lowest BCUT2D eigenvalue weighted by Crippen LogP contribution is -2.40. The third kappa shape index (κ3) is 4.03. The summed E-state index contributed by atoms with van der Waals surface area (Å²) in [6, 6.07) is 9.72. The molecule has 2 aromatic heterocycles. The number of carbonyl (C=O) groups is 1. The van der Waals surface area contributed by atoms with Crippen LogP contribution in [0.2, 0.25) is 0 Å². The highest BCUT2D eigenvalue weighted by Crippen LogP contribution is 2.34. The lowest BCUT2D eigenvalue weighted by atomic mass is 10.1. The molecular weight excluding hydrogens is 406 g/mol. The molecule has 0 saturated carbocycles. The van der Waals surface area contributed by atoms with Gasteiger partial charge in [0.05, 0.1) is 37.1 Å². The Balaban J connectivity index is 1.78. The molecule has 0 aliphatic rings. The Kier molecular flexibility index (Phi) is 5.38. The zero-order valence-electron chi connectivity index (χ0n) is 19.1. The van der Waals surface area contributed by atoms with Gasteiger partial charge >= 0.3 is 0 Å². The molecule has 4 rings (SSSR count). The van der Waals surface area contributed by atoms with E-state index in [1.54, 1.807) is 25.2 Å². The van der Waals surface area contributed by atoms with E-state index in [-0.39, 0.29) is 5.91 Å². The number of nitrogens with one attached hydrogen (secondary N) is 1. The van der Waals surface area contributed by atoms with Crippen LogP contribution in [-0.2, 0) is 7.05 Å². The van der Waals surface area contributed by atoms with Crippen molar-refractivity contribution in [1.82, 2.24) is 24.6 Å². The van der Waals surface area contributed by atoms with Crippen molar-refractivity contribution in [2.45, 2.75) is 26.3 Å². The van der Waals surface area contributed by atoms with E-state index in [1.807, 2.05) is 75.1 Å². The average molecular weight is 434 g/mol. The molecule has 8 nitrogen and oxygen atoms in total. The van der Waals surface area contributed by atoms with Gasteiger partial charge in [0.25, 0.3) is 5.91 Å². The summed E-state index contributed by atoms with van der Waals surface area (Å²) in [5, 5.41) is 7.21. The maximum atomic E-state index is 12.9. The van der Waals surface area contributed by atoms with Crippen LogP contribution in [0.5, 0.6) is 11.5 Å². The van der Waals surface area contributed by atoms with Crippen molar-refractivity contribution < 1.29 is 14.3 Å². The van der Waals surface area contributed by atoms with Crippen molar-refractivity contribution in [2.24, 2.45) is 7.05 Å². The van der Waals surface area contributed by atoms with E-state index in [1.165, 1.54) is 0 Å². The summed E-state index contributed by atoms with van der Waals surface area (Å²) in [5.74, 6) is 0.596. The molecule has 0 radical (unpaired) electrons. The number of hydrogen-bond acceptors (Lipinski definition) is 5. The van der Waals surface area contributed by atoms with Crippen molar-refractivity contribution in [3.63, 3.8) is 0 Å². The highest BCUT2D eigenvalue weighted by molar-refractivity contribution is 6.00. The van der Waals surface area contributed by atoms with Gasteiger partial charge in [-0.3, -0.25) is 14.0 Å². The fraction of sp³-hybridized carbons (Fsp3) is 0.292. The summed E-state index contributed by atoms with van der Waals surface area (Å²) < 4.78 is 14.9. The first-order valence-corrected chi connectivity index (χ1v) is 10.2. The molecule has 0 bridgehead atoms. The molecule has 1 amide bonds. The monoisotopic (exact) mass is 433 g/mol. The van der Waals surface area contributed by atoms with E-state index in [2.05, 4.69) is 15.4 Å². The Bertz CT molecular complexity index is 1270. The van der Waals surface area contributed by atoms with Gasteiger partial charge in [-0.1, -0.05) is 6.07 Å². The zero-order valence-corrected chi connectivity index (χ0v) is 19.1. The Labute approximate surface area is 186 Å². The van der Waals surface area contributed by atoms with Gasteiger partial charge in [0.15, 0.2) is 0 Å². The van der Waals surface area contributed by atoms with Crippen LogP contribution in [0.25, 0.3) is 27.8 Å². The lowest BCUT2D eigenvalue weighted by molar-refractivity contribution is 0.0913. The minimum atomic E-state index is -0.391. The van der Waals surface area contributed by atoms with Crippen molar-refractivity contribution in [2.75, 3.05) is 14.2 Å². The number of aryl methyl sites for hydroxylation is 1. The van der Waals surface area contributed by atoms with E-state index in [0.717, 1.165) is 27.8 Å². The van der Waals surface area contributed by atoms with E-state index >= 15 is 0 Å². The van der Waals surface area contributed by atoms with E-state index < -0.39 is 5.54 Å². The van der Waals surface area contributed by atoms with Gasteiger partial charge in [0, 0.05) is 36.5 Å². The van der Waals surface area contributed by atoms with Crippen LogP contribution in [-0.4, -0.2) is 45.0 Å². The van der Waals surface area contributed by atoms with Crippen LogP contribution in [0, 0.1) is 0 Å². The van der Waals surface area contributed by atoms with E-state index in [0.29, 0.717) is 17.1 Å². The van der Waals surface area contributed by atoms with Crippen LogP contribution < -0.4 is 14.8 Å². The number of rotatable bonds is 5. The molecule has 2 aromatic carbocycles. The number of aromatic nitrogens is 4. The Morgan fingerprint density at radius 2 is 1.72 bits per heavy atom. The normalized spacial score (nSPS) is 11.6. The predicted molar refractivity (Wildman–Crippen MR) is 124 cm³/mol. The molecule has 32 heavy (non-hydrogen) atoms. The number of imidazole rings is 1. The Morgan fingerprint density at radius 1 is 1.03 bits per heavy atom. The highest BCUT2D eigenvalue weighted by atomic mass is 16.5. The van der Waals surface area contributed by atoms with Crippen LogP contribution in [0.4, 0.5) is 0 Å². The number of hydrogen-bond donors (Lipinski definition) is 1. The second kappa shape index (κ2) is 8.03. The highest BCUT2D eigenvalue weighted by Gasteiger charge is 2.24. The van der Waals surface area contributed by atoms with Crippen molar-refractivity contribution in [3.8, 4) is 28.3 Å². The number of ether oxygens (including phenoxy) is 2. The lowest BCUT2D eigenvalue weighted by Gasteiger charge is -2.22. The summed E-state index contributed by atoms with van der Waals surface area (Å²) in [6.07, 6.45) is 5.55. The summed E-state index contributed by atoms with van der Waals surface area (Å²) in [5.41, 5.74) is 4.59. The van der Waals surface area contributed by atoms with Gasteiger partial charge in [-0.05, 0) is 38.5 Å². The topological polar surface area (TPSA) is 83.2 Å². The minimum Gasteiger partial charge on any atom is -0.496 e. The van der Waals surface area contributed by atoms with Crippen LogP contribution in [0.15, 0.2) is 49.1 Å². The van der Waals surface area contributed by atoms with Gasteiger partial charge in [-0.25, -0.2) is 4.98 Å². The molecular formula is C24H27N5O3. The summed E-state index contributed by atoms with van der Waals surface area (Å²) >= 11 is 0. The molecule has 0 atom stereocenters. The summed E-state index contributed by atoms with van der Waals surface area (Å²) in [7, 11) is 4.97. The molecule has 0 aliphatic heterocycles. The van der Waals surface area contributed by atoms with Gasteiger partial charge in [0.2, 0.25) is 0 Å². The Hall–Kier alpha value is -3.81. The molecule has 0 aliphatic carbocycles. The van der Waals surface area contributed by atoms with Crippen molar-refractivity contribution in [3.05, 3.63) is 54.6 Å². The largest absolute Gasteiger partial charge is 0.496 e. The number of fused-ring (bicyclic) bond motifs is 1. The number of methoxy groups -OCH3 is 2. The predicted octanol–water partition coefficient (Wildman–Crippen LogP) is 3.97. The molecule has 0 spiro atoms. The van der Waals surface area contributed by atoms with Crippen LogP contribution in [0.3, 0.4) is 0 Å². The Morgan fingerprint density at radius 3 is 2.28 bits per heavy atom. The molecule has 4 aromatic rings. The average Bonchev–Trinajstić information content (AvgIpc) is 3.37. The fourth-order valence-corrected chi connectivity index (χ4v) is 3.63. The van der Waals surface area contributed by atoms with Gasteiger partial charge in [-0.2, -0.15) is 5.10 Å². The zero-order chi connectivity index (χ0) is 23.0. The molecule has 0 unspecified atom stereocenters. The van der Waals surface area contributed by atoms with Crippen molar-refractivity contribution in [1.29, 1.82) is 0 Å². The molecule has 1 N–H and O–H groups in total. The first-order chi connectivity index (χ1) is 15.2. The maximum absolute atomic E-state index is 12.9. The summed E-state index contributed by atoms with van der Waals surface area (Å²) in [6.45, 7) is 5.78.